The van der Waals surface area contributed by atoms with Crippen LogP contribution in [0.2, 0.25) is 0 Å². The summed E-state index contributed by atoms with van der Waals surface area (Å²) in [5, 5.41) is 0. The molecule has 0 aliphatic heterocycles. The van der Waals surface area contributed by atoms with E-state index in [1.165, 1.54) is 11.3 Å². The Morgan fingerprint density at radius 3 is 2.78 bits per heavy atom. The van der Waals surface area contributed by atoms with E-state index in [2.05, 4.69) is 30.1 Å². The number of allylic oxidation sites excluding steroid dienone is 4. The number of aliphatic imine (C=N–C) groups is 1. The molecule has 0 spiro atoms. The standard InChI is InChI=1S/C8H11N/c1-7-5-3-4-6-8(7)9-2/h3-5H,6H2,1-2H3. The first-order valence-corrected chi connectivity index (χ1v) is 3.14. The van der Waals surface area contributed by atoms with E-state index in [0.717, 1.165) is 6.42 Å². The Labute approximate surface area is 55.8 Å². The molecule has 1 nitrogen and oxygen atoms in total. The zero-order valence-electron chi connectivity index (χ0n) is 5.89. The maximum Gasteiger partial charge on any atom is 0.0411 e. The number of nitrogens with zero attached hydrogens (tertiary/aromatic N) is 1. The number of hydrogen-bond donors (Lipinski definition) is 0. The second-order valence-electron chi connectivity index (χ2n) is 2.15. The third-order valence-corrected chi connectivity index (χ3v) is 1.52. The first-order chi connectivity index (χ1) is 4.34. The quantitative estimate of drug-likeness (QED) is 0.464. The van der Waals surface area contributed by atoms with Gasteiger partial charge in [0.25, 0.3) is 0 Å². The van der Waals surface area contributed by atoms with E-state index >= 15 is 0 Å². The normalized spacial score (nSPS) is 22.4. The Hall–Kier alpha value is -0.850. The van der Waals surface area contributed by atoms with Crippen molar-refractivity contribution in [1.29, 1.82) is 0 Å². The van der Waals surface area contributed by atoms with Gasteiger partial charge in [-0.2, -0.15) is 0 Å². The third kappa shape index (κ3) is 1.28. The average Bonchev–Trinajstić information content (AvgIpc) is 1.89. The summed E-state index contributed by atoms with van der Waals surface area (Å²) < 4.78 is 0. The van der Waals surface area contributed by atoms with Crippen molar-refractivity contribution < 1.29 is 0 Å². The summed E-state index contributed by atoms with van der Waals surface area (Å²) >= 11 is 0. The largest absolute Gasteiger partial charge is 0.292 e. The van der Waals surface area contributed by atoms with Crippen molar-refractivity contribution in [2.45, 2.75) is 13.3 Å². The van der Waals surface area contributed by atoms with Gasteiger partial charge in [-0.25, -0.2) is 0 Å². The minimum absolute atomic E-state index is 0.999. The van der Waals surface area contributed by atoms with Crippen LogP contribution in [0.3, 0.4) is 0 Å². The van der Waals surface area contributed by atoms with E-state index in [9.17, 15) is 0 Å². The molecule has 0 aromatic carbocycles. The summed E-state index contributed by atoms with van der Waals surface area (Å²) in [5.74, 6) is 0. The van der Waals surface area contributed by atoms with Crippen LogP contribution < -0.4 is 0 Å². The van der Waals surface area contributed by atoms with Crippen LogP contribution in [-0.4, -0.2) is 12.8 Å². The molecule has 1 rings (SSSR count). The van der Waals surface area contributed by atoms with Gasteiger partial charge in [0.2, 0.25) is 0 Å². The van der Waals surface area contributed by atoms with E-state index in [4.69, 9.17) is 0 Å². The van der Waals surface area contributed by atoms with Crippen molar-refractivity contribution in [2.75, 3.05) is 7.05 Å². The maximum atomic E-state index is 4.13. The van der Waals surface area contributed by atoms with E-state index in [0.29, 0.717) is 0 Å². The zero-order chi connectivity index (χ0) is 6.69. The SMILES string of the molecule is CN=C1CC=CC=C1C. The molecule has 0 amide bonds. The van der Waals surface area contributed by atoms with E-state index in [1.807, 2.05) is 7.05 Å². The van der Waals surface area contributed by atoms with Crippen LogP contribution in [0.1, 0.15) is 13.3 Å². The van der Waals surface area contributed by atoms with Crippen LogP contribution >= 0.6 is 0 Å². The van der Waals surface area contributed by atoms with Gasteiger partial charge in [-0.3, -0.25) is 4.99 Å². The summed E-state index contributed by atoms with van der Waals surface area (Å²) in [7, 11) is 1.84. The molecule has 0 saturated carbocycles. The van der Waals surface area contributed by atoms with Crippen LogP contribution in [0.5, 0.6) is 0 Å². The highest BCUT2D eigenvalue weighted by Gasteiger charge is 1.99. The fourth-order valence-corrected chi connectivity index (χ4v) is 0.917. The fourth-order valence-electron chi connectivity index (χ4n) is 0.917. The first kappa shape index (κ1) is 6.27. The Balaban J connectivity index is 2.83. The fraction of sp³-hybridized carbons (Fsp3) is 0.375. The predicted octanol–water partition coefficient (Wildman–Crippen LogP) is 1.96. The molecule has 0 radical (unpaired) electrons. The second-order valence-corrected chi connectivity index (χ2v) is 2.15. The molecule has 0 heterocycles. The molecule has 0 aromatic heterocycles. The van der Waals surface area contributed by atoms with Gasteiger partial charge in [-0.1, -0.05) is 18.2 Å². The average molecular weight is 121 g/mol. The maximum absolute atomic E-state index is 4.13. The van der Waals surface area contributed by atoms with E-state index in [-0.39, 0.29) is 0 Å². The molecule has 0 fully saturated rings. The first-order valence-electron chi connectivity index (χ1n) is 3.14. The van der Waals surface area contributed by atoms with Crippen LogP contribution in [-0.2, 0) is 0 Å². The number of hydrogen-bond acceptors (Lipinski definition) is 1. The van der Waals surface area contributed by atoms with Crippen molar-refractivity contribution in [3.8, 4) is 0 Å². The second kappa shape index (κ2) is 2.62. The van der Waals surface area contributed by atoms with Crippen molar-refractivity contribution >= 4 is 5.71 Å². The highest BCUT2D eigenvalue weighted by molar-refractivity contribution is 6.01. The Kier molecular flexibility index (Phi) is 1.83. The highest BCUT2D eigenvalue weighted by atomic mass is 14.7. The lowest BCUT2D eigenvalue weighted by atomic mass is 10.0. The third-order valence-electron chi connectivity index (χ3n) is 1.52. The van der Waals surface area contributed by atoms with Gasteiger partial charge in [0.15, 0.2) is 0 Å². The van der Waals surface area contributed by atoms with Crippen molar-refractivity contribution in [3.05, 3.63) is 23.8 Å². The zero-order valence-corrected chi connectivity index (χ0v) is 5.89. The molecule has 48 valence electrons. The smallest absolute Gasteiger partial charge is 0.0411 e. The molecule has 9 heavy (non-hydrogen) atoms. The Morgan fingerprint density at radius 2 is 2.33 bits per heavy atom. The lowest BCUT2D eigenvalue weighted by Gasteiger charge is -2.04. The van der Waals surface area contributed by atoms with Crippen LogP contribution in [0.4, 0.5) is 0 Å². The predicted molar refractivity (Wildman–Crippen MR) is 40.9 cm³/mol. The molecule has 1 aliphatic carbocycles. The van der Waals surface area contributed by atoms with Gasteiger partial charge in [0.05, 0.1) is 0 Å². The molecule has 0 unspecified atom stereocenters. The van der Waals surface area contributed by atoms with Crippen LogP contribution in [0.15, 0.2) is 28.8 Å². The Morgan fingerprint density at radius 1 is 1.56 bits per heavy atom. The van der Waals surface area contributed by atoms with Crippen molar-refractivity contribution in [1.82, 2.24) is 0 Å². The molecule has 0 atom stereocenters. The molecule has 0 saturated heterocycles. The molecule has 0 aromatic rings. The van der Waals surface area contributed by atoms with Gasteiger partial charge >= 0.3 is 0 Å². The molecular formula is C8H11N. The summed E-state index contributed by atoms with van der Waals surface area (Å²) in [5.41, 5.74) is 2.50. The monoisotopic (exact) mass is 121 g/mol. The molecule has 1 aliphatic rings. The topological polar surface area (TPSA) is 12.4 Å². The summed E-state index contributed by atoms with van der Waals surface area (Å²) in [6.07, 6.45) is 7.28. The molecule has 0 bridgehead atoms. The van der Waals surface area contributed by atoms with Crippen molar-refractivity contribution in [2.24, 2.45) is 4.99 Å². The lowest BCUT2D eigenvalue weighted by Crippen LogP contribution is -2.00. The summed E-state index contributed by atoms with van der Waals surface area (Å²) in [6, 6.07) is 0. The molecule has 1 heteroatoms. The lowest BCUT2D eigenvalue weighted by molar-refractivity contribution is 1.30. The molecule has 0 N–H and O–H groups in total. The van der Waals surface area contributed by atoms with E-state index < -0.39 is 0 Å². The summed E-state index contributed by atoms with van der Waals surface area (Å²) in [6.45, 7) is 2.09. The van der Waals surface area contributed by atoms with Crippen LogP contribution in [0.25, 0.3) is 0 Å². The van der Waals surface area contributed by atoms with Gasteiger partial charge in [-0.15, -0.1) is 0 Å². The number of rotatable bonds is 0. The Bertz CT molecular complexity index is 185. The summed E-state index contributed by atoms with van der Waals surface area (Å²) in [4.78, 5) is 4.13. The van der Waals surface area contributed by atoms with Crippen molar-refractivity contribution in [3.63, 3.8) is 0 Å². The minimum Gasteiger partial charge on any atom is -0.292 e. The van der Waals surface area contributed by atoms with E-state index in [1.54, 1.807) is 0 Å². The minimum atomic E-state index is 0.999. The van der Waals surface area contributed by atoms with Gasteiger partial charge < -0.3 is 0 Å². The van der Waals surface area contributed by atoms with Crippen LogP contribution in [0, 0.1) is 0 Å². The van der Waals surface area contributed by atoms with Gasteiger partial charge in [-0.05, 0) is 12.5 Å². The van der Waals surface area contributed by atoms with Gasteiger partial charge in [0, 0.05) is 19.2 Å². The highest BCUT2D eigenvalue weighted by Crippen LogP contribution is 2.07. The molecular weight excluding hydrogens is 110 g/mol. The van der Waals surface area contributed by atoms with Gasteiger partial charge in [0.1, 0.15) is 0 Å².